The zero-order chi connectivity index (χ0) is 26.3. The second kappa shape index (κ2) is 10.1. The number of carbonyl (C=O) groups is 2. The molecule has 37 heavy (non-hydrogen) atoms. The molecular formula is C28H32FN3O5. The monoisotopic (exact) mass is 509 g/mol. The number of fused-ring (bicyclic) bond motifs is 3. The Morgan fingerprint density at radius 1 is 1.27 bits per heavy atom. The first-order chi connectivity index (χ1) is 17.8. The van der Waals surface area contributed by atoms with Crippen LogP contribution in [0, 0.1) is 12.7 Å². The van der Waals surface area contributed by atoms with E-state index in [0.29, 0.717) is 30.2 Å². The van der Waals surface area contributed by atoms with Gasteiger partial charge < -0.3 is 19.1 Å². The van der Waals surface area contributed by atoms with Gasteiger partial charge in [0, 0.05) is 24.6 Å². The van der Waals surface area contributed by atoms with Gasteiger partial charge in [0.15, 0.2) is 0 Å². The summed E-state index contributed by atoms with van der Waals surface area (Å²) in [5.41, 5.74) is 4.24. The van der Waals surface area contributed by atoms with Gasteiger partial charge in [-0.3, -0.25) is 9.69 Å². The number of nitrogens with zero attached hydrogens (tertiary/aromatic N) is 3. The van der Waals surface area contributed by atoms with Gasteiger partial charge in [-0.1, -0.05) is 12.1 Å². The van der Waals surface area contributed by atoms with Gasteiger partial charge in [0.1, 0.15) is 11.6 Å². The summed E-state index contributed by atoms with van der Waals surface area (Å²) in [6.07, 6.45) is 2.97. The molecule has 0 bridgehead atoms. The Bertz CT molecular complexity index is 1350. The Kier molecular flexibility index (Phi) is 6.90. The smallest absolute Gasteiger partial charge is 0.414 e. The van der Waals surface area contributed by atoms with E-state index >= 15 is 0 Å². The molecule has 3 atom stereocenters. The van der Waals surface area contributed by atoms with Crippen LogP contribution >= 0.6 is 0 Å². The van der Waals surface area contributed by atoms with Crippen LogP contribution in [0.4, 0.5) is 14.9 Å². The van der Waals surface area contributed by atoms with Gasteiger partial charge in [-0.15, -0.1) is 0 Å². The molecule has 0 spiro atoms. The highest BCUT2D eigenvalue weighted by atomic mass is 19.1. The number of methoxy groups -OCH3 is 1. The van der Waals surface area contributed by atoms with E-state index in [2.05, 4.69) is 4.57 Å². The van der Waals surface area contributed by atoms with Crippen LogP contribution in [0.3, 0.4) is 0 Å². The predicted molar refractivity (Wildman–Crippen MR) is 137 cm³/mol. The lowest BCUT2D eigenvalue weighted by Gasteiger charge is -2.34. The van der Waals surface area contributed by atoms with E-state index in [1.54, 1.807) is 24.0 Å². The maximum absolute atomic E-state index is 14.4. The lowest BCUT2D eigenvalue weighted by Crippen LogP contribution is -2.42. The molecule has 3 aromatic rings. The number of hydrogen-bond donors (Lipinski definition) is 1. The first kappa shape index (κ1) is 25.2. The predicted octanol–water partition coefficient (Wildman–Crippen LogP) is 5.15. The van der Waals surface area contributed by atoms with Crippen molar-refractivity contribution in [2.45, 2.75) is 64.0 Å². The van der Waals surface area contributed by atoms with Crippen LogP contribution in [0.2, 0.25) is 0 Å². The summed E-state index contributed by atoms with van der Waals surface area (Å²) in [6, 6.07) is 8.47. The molecule has 2 aliphatic heterocycles. The molecule has 2 aliphatic rings. The fourth-order valence-corrected chi connectivity index (χ4v) is 5.66. The number of ether oxygens (including phenoxy) is 2. The van der Waals surface area contributed by atoms with E-state index in [1.807, 2.05) is 19.1 Å². The molecule has 8 nitrogen and oxygen atoms in total. The Morgan fingerprint density at radius 3 is 2.76 bits per heavy atom. The number of carboxylic acid groups (broad SMARTS) is 1. The van der Waals surface area contributed by atoms with Gasteiger partial charge in [-0.2, -0.15) is 0 Å². The van der Waals surface area contributed by atoms with Crippen LogP contribution in [0.5, 0.6) is 0 Å². The molecule has 1 amide bonds. The third-order valence-corrected chi connectivity index (χ3v) is 7.68. The van der Waals surface area contributed by atoms with Gasteiger partial charge in [-0.25, -0.2) is 14.2 Å². The Labute approximate surface area is 215 Å². The topological polar surface area (TPSA) is 93.9 Å². The van der Waals surface area contributed by atoms with Crippen LogP contribution in [-0.2, 0) is 27.1 Å². The number of anilines is 1. The van der Waals surface area contributed by atoms with Gasteiger partial charge in [0.2, 0.25) is 0 Å². The number of benzene rings is 2. The molecule has 0 saturated carbocycles. The second-order valence-electron chi connectivity index (χ2n) is 10.0. The number of aliphatic carboxylic acids is 1. The highest BCUT2D eigenvalue weighted by Gasteiger charge is 2.33. The summed E-state index contributed by atoms with van der Waals surface area (Å²) in [4.78, 5) is 31.6. The van der Waals surface area contributed by atoms with Gasteiger partial charge in [-0.05, 0) is 68.9 Å². The van der Waals surface area contributed by atoms with Crippen molar-refractivity contribution in [1.29, 1.82) is 0 Å². The average molecular weight is 510 g/mol. The third kappa shape index (κ3) is 4.56. The first-order valence-electron chi connectivity index (χ1n) is 12.8. The van der Waals surface area contributed by atoms with E-state index in [4.69, 9.17) is 14.5 Å². The largest absolute Gasteiger partial charge is 0.481 e. The number of halogens is 1. The normalized spacial score (nSPS) is 20.5. The van der Waals surface area contributed by atoms with Crippen molar-refractivity contribution >= 4 is 28.8 Å². The molecular weight excluding hydrogens is 477 g/mol. The SMILES string of the molecule is COC(=O)N1c2ccc3c(nc(CC(C(=O)O)c4ccc(C)c(F)c4)n3C3CCCOC3)c2CC[C@@H]1C. The molecule has 2 aromatic carbocycles. The van der Waals surface area contributed by atoms with E-state index in [1.165, 1.54) is 13.2 Å². The zero-order valence-electron chi connectivity index (χ0n) is 21.4. The zero-order valence-corrected chi connectivity index (χ0v) is 21.4. The summed E-state index contributed by atoms with van der Waals surface area (Å²) < 4.78 is 27.3. The number of carbonyl (C=O) groups excluding carboxylic acids is 1. The molecule has 9 heteroatoms. The molecule has 196 valence electrons. The molecule has 2 unspecified atom stereocenters. The summed E-state index contributed by atoms with van der Waals surface area (Å²) in [7, 11) is 1.37. The van der Waals surface area contributed by atoms with Crippen LogP contribution in [0.15, 0.2) is 30.3 Å². The number of carboxylic acids is 1. The molecule has 3 heterocycles. The Hall–Kier alpha value is -3.46. The van der Waals surface area contributed by atoms with Crippen molar-refractivity contribution in [3.05, 3.63) is 58.7 Å². The molecule has 1 aromatic heterocycles. The number of rotatable bonds is 5. The van der Waals surface area contributed by atoms with Gasteiger partial charge >= 0.3 is 12.1 Å². The summed E-state index contributed by atoms with van der Waals surface area (Å²) in [6.45, 7) is 4.85. The fraction of sp³-hybridized carbons (Fsp3) is 0.464. The minimum Gasteiger partial charge on any atom is -0.481 e. The molecule has 0 radical (unpaired) electrons. The first-order valence-corrected chi connectivity index (χ1v) is 12.8. The quantitative estimate of drug-likeness (QED) is 0.511. The van der Waals surface area contributed by atoms with Crippen molar-refractivity contribution in [2.75, 3.05) is 25.2 Å². The summed E-state index contributed by atoms with van der Waals surface area (Å²) in [5, 5.41) is 10.1. The van der Waals surface area contributed by atoms with E-state index in [9.17, 15) is 19.1 Å². The highest BCUT2D eigenvalue weighted by Crippen LogP contribution is 2.39. The molecule has 1 saturated heterocycles. The summed E-state index contributed by atoms with van der Waals surface area (Å²) >= 11 is 0. The Balaban J connectivity index is 1.65. The van der Waals surface area contributed by atoms with Crippen molar-refractivity contribution in [3.8, 4) is 0 Å². The lowest BCUT2D eigenvalue weighted by molar-refractivity contribution is -0.138. The maximum atomic E-state index is 14.4. The number of imidazole rings is 1. The van der Waals surface area contributed by atoms with Crippen LogP contribution in [0.25, 0.3) is 11.0 Å². The minimum absolute atomic E-state index is 0.00947. The van der Waals surface area contributed by atoms with Crippen LogP contribution in [0.1, 0.15) is 60.7 Å². The number of hydrogen-bond acceptors (Lipinski definition) is 5. The maximum Gasteiger partial charge on any atom is 0.414 e. The molecule has 1 N–H and O–H groups in total. The molecule has 0 aliphatic carbocycles. The number of aryl methyl sites for hydroxylation is 2. The van der Waals surface area contributed by atoms with Crippen molar-refractivity contribution in [2.24, 2.45) is 0 Å². The molecule has 1 fully saturated rings. The average Bonchev–Trinajstić information content (AvgIpc) is 3.27. The van der Waals surface area contributed by atoms with Crippen molar-refractivity contribution in [3.63, 3.8) is 0 Å². The van der Waals surface area contributed by atoms with E-state index < -0.39 is 23.8 Å². The molecule has 5 rings (SSSR count). The second-order valence-corrected chi connectivity index (χ2v) is 10.0. The summed E-state index contributed by atoms with van der Waals surface area (Å²) in [5.74, 6) is -1.80. The lowest BCUT2D eigenvalue weighted by atomic mass is 9.94. The van der Waals surface area contributed by atoms with Crippen LogP contribution in [-0.4, -0.2) is 53.1 Å². The minimum atomic E-state index is -1.03. The van der Waals surface area contributed by atoms with Gasteiger partial charge in [0.05, 0.1) is 42.4 Å². The third-order valence-electron chi connectivity index (χ3n) is 7.68. The van der Waals surface area contributed by atoms with E-state index in [-0.39, 0.29) is 18.5 Å². The number of aromatic nitrogens is 2. The fourth-order valence-electron chi connectivity index (χ4n) is 5.66. The standard InChI is InChI=1S/C28H32FN3O5/c1-16-6-8-18(13-22(16)29)21(27(33)34)14-25-30-26-20-9-7-17(2)31(28(35)36-3)23(20)10-11-24(26)32(25)19-5-4-12-37-15-19/h6,8,10-11,13,17,19,21H,4-5,7,9,12,14-15H2,1-3H3,(H,33,34)/t17-,19?,21?/m0/s1. The van der Waals surface area contributed by atoms with Gasteiger partial charge in [0.25, 0.3) is 0 Å². The van der Waals surface area contributed by atoms with Crippen molar-refractivity contribution < 1.29 is 28.6 Å². The highest BCUT2D eigenvalue weighted by molar-refractivity contribution is 5.95. The van der Waals surface area contributed by atoms with Crippen molar-refractivity contribution in [1.82, 2.24) is 9.55 Å². The van der Waals surface area contributed by atoms with Crippen LogP contribution < -0.4 is 4.90 Å². The van der Waals surface area contributed by atoms with E-state index in [0.717, 1.165) is 48.0 Å². The Morgan fingerprint density at radius 2 is 2.08 bits per heavy atom. The number of amides is 1.